The first-order chi connectivity index (χ1) is 20.3. The van der Waals surface area contributed by atoms with Gasteiger partial charge >= 0.3 is 11.9 Å². The van der Waals surface area contributed by atoms with Crippen LogP contribution >= 0.6 is 0 Å². The summed E-state index contributed by atoms with van der Waals surface area (Å²) in [4.78, 5) is 30.0. The summed E-state index contributed by atoms with van der Waals surface area (Å²) in [5, 5.41) is 0. The number of hydrogen-bond acceptors (Lipinski definition) is 11. The Bertz CT molecular complexity index is 1520. The Kier molecular flexibility index (Phi) is 9.53. The number of aliphatic imine (C=N–C) groups is 1. The zero-order valence-electron chi connectivity index (χ0n) is 24.1. The number of ether oxygens (including phenoxy) is 8. The summed E-state index contributed by atoms with van der Waals surface area (Å²) in [6.45, 7) is 4.67. The van der Waals surface area contributed by atoms with Crippen LogP contribution in [0.1, 0.15) is 35.3 Å². The second-order valence-corrected chi connectivity index (χ2v) is 8.58. The molecule has 0 bridgehead atoms. The van der Waals surface area contributed by atoms with Crippen LogP contribution in [-0.2, 0) is 9.53 Å². The van der Waals surface area contributed by atoms with E-state index in [1.165, 1.54) is 40.6 Å². The summed E-state index contributed by atoms with van der Waals surface area (Å²) in [7, 11) is 5.80. The van der Waals surface area contributed by atoms with Crippen molar-refractivity contribution in [3.8, 4) is 40.2 Å². The topological polar surface area (TPSA) is 120 Å². The summed E-state index contributed by atoms with van der Waals surface area (Å²) in [5.41, 5.74) is 1.39. The van der Waals surface area contributed by atoms with Crippen molar-refractivity contribution in [2.75, 3.05) is 41.7 Å². The number of methoxy groups -OCH3 is 4. The monoisotopic (exact) mass is 577 g/mol. The highest BCUT2D eigenvalue weighted by atomic mass is 16.6. The number of rotatable bonds is 12. The van der Waals surface area contributed by atoms with E-state index >= 15 is 0 Å². The fraction of sp³-hybridized carbons (Fsp3) is 0.258. The fourth-order valence-corrected chi connectivity index (χ4v) is 4.09. The predicted octanol–water partition coefficient (Wildman–Crippen LogP) is 5.08. The van der Waals surface area contributed by atoms with Crippen molar-refractivity contribution in [3.05, 3.63) is 70.9 Å². The van der Waals surface area contributed by atoms with Gasteiger partial charge in [-0.05, 0) is 68.0 Å². The summed E-state index contributed by atoms with van der Waals surface area (Å²) in [6, 6.07) is 13.0. The lowest BCUT2D eigenvalue weighted by Gasteiger charge is -2.14. The molecule has 42 heavy (non-hydrogen) atoms. The van der Waals surface area contributed by atoms with Crippen LogP contribution in [0.5, 0.6) is 40.2 Å². The minimum Gasteiger partial charge on any atom is -0.493 e. The molecule has 3 aromatic carbocycles. The van der Waals surface area contributed by atoms with Gasteiger partial charge in [0.25, 0.3) is 0 Å². The van der Waals surface area contributed by atoms with E-state index in [0.29, 0.717) is 53.1 Å². The molecule has 1 aliphatic heterocycles. The van der Waals surface area contributed by atoms with Gasteiger partial charge in [0.2, 0.25) is 11.6 Å². The molecule has 0 N–H and O–H groups in total. The molecular weight excluding hydrogens is 546 g/mol. The van der Waals surface area contributed by atoms with Gasteiger partial charge in [-0.3, -0.25) is 0 Å². The molecule has 0 aliphatic carbocycles. The van der Waals surface area contributed by atoms with Crippen LogP contribution in [0.2, 0.25) is 0 Å². The second kappa shape index (κ2) is 13.4. The van der Waals surface area contributed by atoms with Gasteiger partial charge in [-0.15, -0.1) is 0 Å². The first-order valence-corrected chi connectivity index (χ1v) is 13.0. The molecule has 220 valence electrons. The summed E-state index contributed by atoms with van der Waals surface area (Å²) < 4.78 is 43.7. The van der Waals surface area contributed by atoms with Crippen LogP contribution < -0.4 is 33.2 Å². The average molecular weight is 578 g/mol. The molecular formula is C31H31NO10. The molecule has 0 fully saturated rings. The minimum absolute atomic E-state index is 0.0843. The lowest BCUT2D eigenvalue weighted by atomic mass is 10.1. The van der Waals surface area contributed by atoms with Gasteiger partial charge in [-0.1, -0.05) is 6.07 Å². The van der Waals surface area contributed by atoms with E-state index in [4.69, 9.17) is 37.9 Å². The Labute approximate surface area is 243 Å². The standard InChI is InChI=1S/C31H31NO10/c1-7-39-22-12-10-19(15-25(22)40-8-2)29-32-21(31(34)42-29)13-18-9-11-23(24(14-18)35-3)41-30(33)20-16-26(36-4)28(38-6)27(17-20)37-5/h9-17H,7-8H2,1-6H3/b21-13-. The molecule has 11 heteroatoms. The van der Waals surface area contributed by atoms with Crippen molar-refractivity contribution in [2.45, 2.75) is 13.8 Å². The van der Waals surface area contributed by atoms with Gasteiger partial charge in [0.1, 0.15) is 0 Å². The molecule has 0 saturated heterocycles. The predicted molar refractivity (Wildman–Crippen MR) is 153 cm³/mol. The number of esters is 2. The van der Waals surface area contributed by atoms with E-state index in [1.54, 1.807) is 42.5 Å². The quantitative estimate of drug-likeness (QED) is 0.164. The number of hydrogen-bond donors (Lipinski definition) is 0. The minimum atomic E-state index is -0.672. The summed E-state index contributed by atoms with van der Waals surface area (Å²) in [6.07, 6.45) is 1.54. The van der Waals surface area contributed by atoms with E-state index in [1.807, 2.05) is 13.8 Å². The molecule has 0 saturated carbocycles. The van der Waals surface area contributed by atoms with Gasteiger partial charge in [-0.2, -0.15) is 0 Å². The molecule has 4 rings (SSSR count). The maximum absolute atomic E-state index is 13.0. The molecule has 1 heterocycles. The zero-order valence-corrected chi connectivity index (χ0v) is 24.1. The van der Waals surface area contributed by atoms with Crippen molar-refractivity contribution < 1.29 is 47.5 Å². The second-order valence-electron chi connectivity index (χ2n) is 8.58. The van der Waals surface area contributed by atoms with Gasteiger partial charge in [0.15, 0.2) is 40.2 Å². The van der Waals surface area contributed by atoms with E-state index in [2.05, 4.69) is 4.99 Å². The van der Waals surface area contributed by atoms with Gasteiger partial charge in [0.05, 0.1) is 47.2 Å². The molecule has 0 aromatic heterocycles. The molecule has 0 atom stereocenters. The van der Waals surface area contributed by atoms with Gasteiger partial charge in [-0.25, -0.2) is 14.6 Å². The Morgan fingerprint density at radius 2 is 1.40 bits per heavy atom. The van der Waals surface area contributed by atoms with Crippen molar-refractivity contribution in [1.82, 2.24) is 0 Å². The van der Waals surface area contributed by atoms with Gasteiger partial charge < -0.3 is 37.9 Å². The van der Waals surface area contributed by atoms with E-state index in [9.17, 15) is 9.59 Å². The van der Waals surface area contributed by atoms with E-state index in [0.717, 1.165) is 0 Å². The van der Waals surface area contributed by atoms with Crippen molar-refractivity contribution >= 4 is 23.9 Å². The van der Waals surface area contributed by atoms with Crippen molar-refractivity contribution in [1.29, 1.82) is 0 Å². The molecule has 0 spiro atoms. The SMILES string of the molecule is CCOc1ccc(C2=N/C(=C\c3ccc(OC(=O)c4cc(OC)c(OC)c(OC)c4)c(OC)c3)C(=O)O2)cc1OCC. The Morgan fingerprint density at radius 3 is 2.02 bits per heavy atom. The van der Waals surface area contributed by atoms with Gasteiger partial charge in [0, 0.05) is 5.56 Å². The van der Waals surface area contributed by atoms with Crippen LogP contribution in [0.25, 0.3) is 6.08 Å². The fourth-order valence-electron chi connectivity index (χ4n) is 4.09. The van der Waals surface area contributed by atoms with Crippen LogP contribution in [0, 0.1) is 0 Å². The highest BCUT2D eigenvalue weighted by molar-refractivity contribution is 6.13. The maximum Gasteiger partial charge on any atom is 0.363 e. The molecule has 0 radical (unpaired) electrons. The molecule has 0 unspecified atom stereocenters. The number of benzene rings is 3. The Hall–Kier alpha value is -5.19. The van der Waals surface area contributed by atoms with Crippen molar-refractivity contribution in [2.24, 2.45) is 4.99 Å². The van der Waals surface area contributed by atoms with Crippen LogP contribution in [0.3, 0.4) is 0 Å². The first kappa shape index (κ1) is 29.8. The maximum atomic E-state index is 13.0. The Morgan fingerprint density at radius 1 is 0.762 bits per heavy atom. The number of cyclic esters (lactones) is 1. The lowest BCUT2D eigenvalue weighted by Crippen LogP contribution is -2.10. The number of carbonyl (C=O) groups excluding carboxylic acids is 2. The third-order valence-electron chi connectivity index (χ3n) is 6.01. The highest BCUT2D eigenvalue weighted by Crippen LogP contribution is 2.39. The number of nitrogens with zero attached hydrogens (tertiary/aromatic N) is 1. The average Bonchev–Trinajstić information content (AvgIpc) is 3.37. The van der Waals surface area contributed by atoms with E-state index in [-0.39, 0.29) is 28.7 Å². The van der Waals surface area contributed by atoms with E-state index < -0.39 is 11.9 Å². The lowest BCUT2D eigenvalue weighted by molar-refractivity contribution is -0.129. The molecule has 3 aromatic rings. The third-order valence-corrected chi connectivity index (χ3v) is 6.01. The van der Waals surface area contributed by atoms with Crippen molar-refractivity contribution in [3.63, 3.8) is 0 Å². The number of carbonyl (C=O) groups is 2. The third kappa shape index (κ3) is 6.41. The molecule has 0 amide bonds. The van der Waals surface area contributed by atoms with Crippen LogP contribution in [0.15, 0.2) is 59.2 Å². The van der Waals surface area contributed by atoms with Crippen LogP contribution in [0.4, 0.5) is 0 Å². The largest absolute Gasteiger partial charge is 0.493 e. The highest BCUT2D eigenvalue weighted by Gasteiger charge is 2.26. The summed E-state index contributed by atoms with van der Waals surface area (Å²) in [5.74, 6) is 1.33. The Balaban J connectivity index is 1.58. The molecule has 11 nitrogen and oxygen atoms in total. The molecule has 1 aliphatic rings. The first-order valence-electron chi connectivity index (χ1n) is 13.0. The normalized spacial score (nSPS) is 13.2. The smallest absolute Gasteiger partial charge is 0.363 e. The zero-order chi connectivity index (χ0) is 30.2. The van der Waals surface area contributed by atoms with Crippen LogP contribution in [-0.4, -0.2) is 59.5 Å². The summed E-state index contributed by atoms with van der Waals surface area (Å²) >= 11 is 0.